The molecule has 1 aliphatic rings. The molecule has 0 aromatic carbocycles. The van der Waals surface area contributed by atoms with Crippen molar-refractivity contribution < 1.29 is 23.1 Å². The first-order valence-corrected chi connectivity index (χ1v) is 3.10. The molecular weight excluding hydrogens is 177 g/mol. The minimum Gasteiger partial charge on any atom is -0.378 e. The van der Waals surface area contributed by atoms with Gasteiger partial charge in [0.25, 0.3) is 0 Å². The highest BCUT2D eigenvalue weighted by Gasteiger charge is 2.61. The summed E-state index contributed by atoms with van der Waals surface area (Å²) in [6.45, 7) is -1.54. The Bertz CT molecular complexity index is 209. The van der Waals surface area contributed by atoms with Gasteiger partial charge in [0.1, 0.15) is 0 Å². The molecule has 0 aliphatic carbocycles. The van der Waals surface area contributed by atoms with Gasteiger partial charge in [-0.1, -0.05) is 0 Å². The largest absolute Gasteiger partial charge is 0.420 e. The number of aliphatic hydroxyl groups is 1. The maximum absolute atomic E-state index is 11.9. The van der Waals surface area contributed by atoms with Gasteiger partial charge in [0.15, 0.2) is 5.60 Å². The quantitative estimate of drug-likeness (QED) is 0.541. The third-order valence-electron chi connectivity index (χ3n) is 1.74. The van der Waals surface area contributed by atoms with E-state index in [9.17, 15) is 18.0 Å². The summed E-state index contributed by atoms with van der Waals surface area (Å²) in [5, 5.41) is 8.79. The normalized spacial score (nSPS) is 21.8. The van der Waals surface area contributed by atoms with Gasteiger partial charge in [0.05, 0.1) is 13.1 Å². The predicted molar refractivity (Wildman–Crippen MR) is 32.2 cm³/mol. The fourth-order valence-electron chi connectivity index (χ4n) is 0.920. The lowest BCUT2D eigenvalue weighted by atomic mass is 9.94. The zero-order valence-corrected chi connectivity index (χ0v) is 5.93. The second-order valence-corrected chi connectivity index (χ2v) is 2.72. The van der Waals surface area contributed by atoms with Gasteiger partial charge < -0.3 is 15.7 Å². The average molecular weight is 184 g/mol. The van der Waals surface area contributed by atoms with Gasteiger partial charge in [-0.2, -0.15) is 13.2 Å². The van der Waals surface area contributed by atoms with Gasteiger partial charge in [-0.25, -0.2) is 4.79 Å². The molecule has 0 spiro atoms. The number of carbonyl (C=O) groups excluding carboxylic acids is 1. The highest BCUT2D eigenvalue weighted by atomic mass is 19.4. The van der Waals surface area contributed by atoms with Crippen LogP contribution in [0, 0.1) is 0 Å². The van der Waals surface area contributed by atoms with E-state index in [-0.39, 0.29) is 0 Å². The first-order chi connectivity index (χ1) is 5.26. The highest BCUT2D eigenvalue weighted by Crippen LogP contribution is 2.37. The third kappa shape index (κ3) is 1.20. The SMILES string of the molecule is NC(=O)N1CC(O)(C(F)(F)F)C1. The van der Waals surface area contributed by atoms with Crippen LogP contribution in [0.3, 0.4) is 0 Å². The lowest BCUT2D eigenvalue weighted by molar-refractivity contribution is -0.293. The Morgan fingerprint density at radius 2 is 1.92 bits per heavy atom. The van der Waals surface area contributed by atoms with E-state index in [0.717, 1.165) is 0 Å². The second kappa shape index (κ2) is 2.25. The number of amides is 2. The molecule has 3 N–H and O–H groups in total. The fourth-order valence-corrected chi connectivity index (χ4v) is 0.920. The van der Waals surface area contributed by atoms with Crippen molar-refractivity contribution in [2.75, 3.05) is 13.1 Å². The molecule has 1 heterocycles. The van der Waals surface area contributed by atoms with Crippen molar-refractivity contribution in [3.8, 4) is 0 Å². The van der Waals surface area contributed by atoms with E-state index < -0.39 is 30.9 Å². The lowest BCUT2D eigenvalue weighted by Gasteiger charge is -2.45. The Morgan fingerprint density at radius 3 is 2.17 bits per heavy atom. The molecule has 1 aliphatic heterocycles. The van der Waals surface area contributed by atoms with Gasteiger partial charge in [0.2, 0.25) is 0 Å². The summed E-state index contributed by atoms with van der Waals surface area (Å²) < 4.78 is 35.7. The molecular formula is C5H7F3N2O2. The van der Waals surface area contributed by atoms with Crippen molar-refractivity contribution in [3.05, 3.63) is 0 Å². The standard InChI is InChI=1S/C5H7F3N2O2/c6-5(7,8)4(12)1-10(2-4)3(9)11/h12H,1-2H2,(H2,9,11). The lowest BCUT2D eigenvalue weighted by Crippen LogP contribution is -2.71. The van der Waals surface area contributed by atoms with E-state index >= 15 is 0 Å². The summed E-state index contributed by atoms with van der Waals surface area (Å²) in [7, 11) is 0. The predicted octanol–water partition coefficient (Wildman–Crippen LogP) is -0.326. The number of primary amides is 1. The van der Waals surface area contributed by atoms with Crippen LogP contribution in [0.5, 0.6) is 0 Å². The Morgan fingerprint density at radius 1 is 1.50 bits per heavy atom. The summed E-state index contributed by atoms with van der Waals surface area (Å²) in [6, 6.07) is -0.955. The van der Waals surface area contributed by atoms with Crippen molar-refractivity contribution in [3.63, 3.8) is 0 Å². The molecule has 0 saturated carbocycles. The second-order valence-electron chi connectivity index (χ2n) is 2.72. The van der Waals surface area contributed by atoms with Crippen LogP contribution >= 0.6 is 0 Å². The first-order valence-electron chi connectivity index (χ1n) is 3.10. The molecule has 2 amide bonds. The molecule has 1 rings (SSSR count). The zero-order chi connectivity index (χ0) is 9.57. The monoisotopic (exact) mass is 184 g/mol. The average Bonchev–Trinajstić information content (AvgIpc) is 1.77. The number of rotatable bonds is 0. The van der Waals surface area contributed by atoms with Crippen LogP contribution in [0.4, 0.5) is 18.0 Å². The number of likely N-dealkylation sites (tertiary alicyclic amines) is 1. The minimum absolute atomic E-state index is 0.716. The number of nitrogens with two attached hydrogens (primary N) is 1. The number of β-amino-alcohol motifs (C(OH)–C–C–N with tert-alkyl or cyclic N) is 1. The van der Waals surface area contributed by atoms with Crippen molar-refractivity contribution >= 4 is 6.03 Å². The molecule has 0 atom stereocenters. The molecule has 0 unspecified atom stereocenters. The van der Waals surface area contributed by atoms with E-state index in [1.54, 1.807) is 0 Å². The van der Waals surface area contributed by atoms with E-state index in [1.807, 2.05) is 0 Å². The third-order valence-corrected chi connectivity index (χ3v) is 1.74. The van der Waals surface area contributed by atoms with Crippen LogP contribution in [-0.4, -0.2) is 40.9 Å². The fraction of sp³-hybridized carbons (Fsp3) is 0.800. The highest BCUT2D eigenvalue weighted by molar-refractivity contribution is 5.73. The number of urea groups is 1. The Hall–Kier alpha value is -0.980. The first kappa shape index (κ1) is 9.11. The number of carbonyl (C=O) groups is 1. The minimum atomic E-state index is -4.70. The maximum Gasteiger partial charge on any atom is 0.420 e. The van der Waals surface area contributed by atoms with Crippen molar-refractivity contribution in [1.29, 1.82) is 0 Å². The summed E-state index contributed by atoms with van der Waals surface area (Å²) >= 11 is 0. The van der Waals surface area contributed by atoms with Gasteiger partial charge in [0, 0.05) is 0 Å². The molecule has 1 saturated heterocycles. The van der Waals surface area contributed by atoms with Crippen LogP contribution in [-0.2, 0) is 0 Å². The van der Waals surface area contributed by atoms with Crippen LogP contribution < -0.4 is 5.73 Å². The van der Waals surface area contributed by atoms with Crippen molar-refractivity contribution in [2.24, 2.45) is 5.73 Å². The van der Waals surface area contributed by atoms with Crippen LogP contribution in [0.2, 0.25) is 0 Å². The zero-order valence-electron chi connectivity index (χ0n) is 5.93. The molecule has 4 nitrogen and oxygen atoms in total. The molecule has 0 aromatic rings. The number of nitrogens with zero attached hydrogens (tertiary/aromatic N) is 1. The van der Waals surface area contributed by atoms with Crippen LogP contribution in [0.1, 0.15) is 0 Å². The number of hydrogen-bond acceptors (Lipinski definition) is 2. The molecule has 0 radical (unpaired) electrons. The number of hydrogen-bond donors (Lipinski definition) is 2. The van der Waals surface area contributed by atoms with Gasteiger partial charge >= 0.3 is 12.2 Å². The Balaban J connectivity index is 2.57. The Kier molecular flexibility index (Phi) is 1.71. The molecule has 7 heteroatoms. The molecule has 1 fully saturated rings. The van der Waals surface area contributed by atoms with Crippen molar-refractivity contribution in [2.45, 2.75) is 11.8 Å². The molecule has 12 heavy (non-hydrogen) atoms. The summed E-state index contributed by atoms with van der Waals surface area (Å²) in [6.07, 6.45) is -4.70. The van der Waals surface area contributed by atoms with Gasteiger partial charge in [-0.3, -0.25) is 0 Å². The Labute approximate surface area is 65.7 Å². The van der Waals surface area contributed by atoms with E-state index in [4.69, 9.17) is 5.11 Å². The van der Waals surface area contributed by atoms with Gasteiger partial charge in [-0.05, 0) is 0 Å². The molecule has 70 valence electrons. The smallest absolute Gasteiger partial charge is 0.378 e. The topological polar surface area (TPSA) is 66.6 Å². The van der Waals surface area contributed by atoms with E-state index in [2.05, 4.69) is 5.73 Å². The van der Waals surface area contributed by atoms with E-state index in [0.29, 0.717) is 4.90 Å². The summed E-state index contributed by atoms with van der Waals surface area (Å²) in [4.78, 5) is 11.0. The van der Waals surface area contributed by atoms with Gasteiger partial charge in [-0.15, -0.1) is 0 Å². The van der Waals surface area contributed by atoms with Crippen molar-refractivity contribution in [1.82, 2.24) is 4.90 Å². The maximum atomic E-state index is 11.9. The summed E-state index contributed by atoms with van der Waals surface area (Å²) in [5.41, 5.74) is 1.91. The van der Waals surface area contributed by atoms with Crippen LogP contribution in [0.15, 0.2) is 0 Å². The molecule has 0 bridgehead atoms. The molecule has 0 aromatic heterocycles. The van der Waals surface area contributed by atoms with E-state index in [1.165, 1.54) is 0 Å². The number of alkyl halides is 3. The van der Waals surface area contributed by atoms with Crippen LogP contribution in [0.25, 0.3) is 0 Å². The number of halogens is 3. The summed E-state index contributed by atoms with van der Waals surface area (Å²) in [5.74, 6) is 0.